The number of unbranched alkanes of at least 4 members (excludes halogenated alkanes) is 24. The Morgan fingerprint density at radius 2 is 1.02 bits per heavy atom. The average Bonchev–Trinajstić information content (AvgIpc) is 3.23. The lowest BCUT2D eigenvalue weighted by Crippen LogP contribution is -2.60. The lowest BCUT2D eigenvalue weighted by molar-refractivity contribution is -0.302. The topological polar surface area (TPSA) is 149 Å². The Hall–Kier alpha value is -1.85. The quantitative estimate of drug-likeness (QED) is 0.0264. The van der Waals surface area contributed by atoms with Crippen LogP contribution in [0.5, 0.6) is 0 Å². The van der Waals surface area contributed by atoms with Crippen LogP contribution in [0, 0.1) is 0 Å². The van der Waals surface area contributed by atoms with Gasteiger partial charge in [-0.1, -0.05) is 184 Å². The van der Waals surface area contributed by atoms with Crippen LogP contribution in [0.4, 0.5) is 0 Å². The zero-order valence-corrected chi connectivity index (χ0v) is 37.7. The molecule has 1 fully saturated rings. The molecule has 0 radical (unpaired) electrons. The number of allylic oxidation sites excluding steroid dienone is 7. The SMILES string of the molecule is CC/C=C/CC/C=C/CC/C=C/C(O)C(COC1OC(CO)C(O)C(O)C1O)NC(=O)CCCCCCCCCCCC/C=C\CCCCCCCCCCCCCC. The van der Waals surface area contributed by atoms with E-state index in [-0.39, 0.29) is 12.5 Å². The van der Waals surface area contributed by atoms with Gasteiger partial charge in [-0.15, -0.1) is 0 Å². The van der Waals surface area contributed by atoms with Crippen molar-refractivity contribution in [2.24, 2.45) is 0 Å². The van der Waals surface area contributed by atoms with Crippen molar-refractivity contribution in [1.29, 1.82) is 0 Å². The molecular formula is C50H91NO8. The summed E-state index contributed by atoms with van der Waals surface area (Å²) in [5, 5.41) is 54.0. The van der Waals surface area contributed by atoms with Gasteiger partial charge >= 0.3 is 0 Å². The Bertz CT molecular complexity index is 1060. The largest absolute Gasteiger partial charge is 0.394 e. The molecule has 1 rings (SSSR count). The molecule has 59 heavy (non-hydrogen) atoms. The fraction of sp³-hybridized carbons (Fsp3) is 0.820. The van der Waals surface area contributed by atoms with Gasteiger partial charge in [0.1, 0.15) is 24.4 Å². The Labute approximate surface area is 361 Å². The highest BCUT2D eigenvalue weighted by Gasteiger charge is 2.44. The van der Waals surface area contributed by atoms with Crippen molar-refractivity contribution >= 4 is 5.91 Å². The minimum absolute atomic E-state index is 0.195. The average molecular weight is 834 g/mol. The van der Waals surface area contributed by atoms with Crippen LogP contribution >= 0.6 is 0 Å². The summed E-state index contributed by atoms with van der Waals surface area (Å²) in [6.45, 7) is 3.63. The van der Waals surface area contributed by atoms with E-state index in [1.165, 1.54) is 135 Å². The van der Waals surface area contributed by atoms with Gasteiger partial charge in [-0.05, 0) is 64.2 Å². The smallest absolute Gasteiger partial charge is 0.220 e. The summed E-state index contributed by atoms with van der Waals surface area (Å²) in [7, 11) is 0. The van der Waals surface area contributed by atoms with E-state index in [1.807, 2.05) is 6.08 Å². The molecule has 7 unspecified atom stereocenters. The summed E-state index contributed by atoms with van der Waals surface area (Å²) >= 11 is 0. The molecule has 7 atom stereocenters. The maximum atomic E-state index is 12.9. The van der Waals surface area contributed by atoms with Crippen LogP contribution < -0.4 is 5.32 Å². The summed E-state index contributed by atoms with van der Waals surface area (Å²) < 4.78 is 11.2. The predicted molar refractivity (Wildman–Crippen MR) is 244 cm³/mol. The second-order valence-corrected chi connectivity index (χ2v) is 16.9. The molecule has 6 N–H and O–H groups in total. The Balaban J connectivity index is 2.21. The Kier molecular flexibility index (Phi) is 37.6. The molecule has 0 spiro atoms. The molecule has 0 aromatic heterocycles. The van der Waals surface area contributed by atoms with E-state index in [9.17, 15) is 30.3 Å². The second kappa shape index (κ2) is 40.2. The minimum Gasteiger partial charge on any atom is -0.394 e. The molecule has 0 bridgehead atoms. The number of amides is 1. The van der Waals surface area contributed by atoms with Crippen LogP contribution in [0.2, 0.25) is 0 Å². The third-order valence-corrected chi connectivity index (χ3v) is 11.4. The summed E-state index contributed by atoms with van der Waals surface area (Å²) in [6.07, 6.45) is 44.8. The van der Waals surface area contributed by atoms with E-state index in [2.05, 4.69) is 55.6 Å². The van der Waals surface area contributed by atoms with Gasteiger partial charge in [-0.25, -0.2) is 0 Å². The number of hydrogen-bond acceptors (Lipinski definition) is 8. The van der Waals surface area contributed by atoms with Crippen LogP contribution in [-0.4, -0.2) is 87.5 Å². The van der Waals surface area contributed by atoms with Gasteiger partial charge in [0.25, 0.3) is 0 Å². The molecule has 1 saturated heterocycles. The van der Waals surface area contributed by atoms with Gasteiger partial charge < -0.3 is 40.3 Å². The first-order valence-electron chi connectivity index (χ1n) is 24.4. The number of nitrogens with one attached hydrogen (secondary N) is 1. The first kappa shape index (κ1) is 55.2. The van der Waals surface area contributed by atoms with Crippen molar-refractivity contribution in [3.8, 4) is 0 Å². The zero-order valence-electron chi connectivity index (χ0n) is 37.7. The first-order valence-corrected chi connectivity index (χ1v) is 24.4. The minimum atomic E-state index is -1.57. The molecule has 1 heterocycles. The highest BCUT2D eigenvalue weighted by molar-refractivity contribution is 5.76. The summed E-state index contributed by atoms with van der Waals surface area (Å²) in [6, 6.07) is -0.827. The molecule has 344 valence electrons. The molecule has 1 amide bonds. The number of carbonyl (C=O) groups is 1. The molecular weight excluding hydrogens is 743 g/mol. The van der Waals surface area contributed by atoms with Crippen molar-refractivity contribution in [2.45, 2.75) is 249 Å². The number of ether oxygens (including phenoxy) is 2. The number of rotatable bonds is 40. The highest BCUT2D eigenvalue weighted by Crippen LogP contribution is 2.22. The summed E-state index contributed by atoms with van der Waals surface area (Å²) in [5.74, 6) is -0.195. The van der Waals surface area contributed by atoms with Crippen molar-refractivity contribution in [2.75, 3.05) is 13.2 Å². The molecule has 0 aromatic carbocycles. The van der Waals surface area contributed by atoms with Crippen LogP contribution in [0.25, 0.3) is 0 Å². The zero-order chi connectivity index (χ0) is 43.0. The Morgan fingerprint density at radius 3 is 1.51 bits per heavy atom. The van der Waals surface area contributed by atoms with Gasteiger partial charge in [-0.3, -0.25) is 4.79 Å². The fourth-order valence-electron chi connectivity index (χ4n) is 7.48. The van der Waals surface area contributed by atoms with E-state index in [0.29, 0.717) is 6.42 Å². The van der Waals surface area contributed by atoms with Crippen LogP contribution in [-0.2, 0) is 14.3 Å². The maximum Gasteiger partial charge on any atom is 0.220 e. The summed E-state index contributed by atoms with van der Waals surface area (Å²) in [4.78, 5) is 12.9. The molecule has 9 heteroatoms. The summed E-state index contributed by atoms with van der Waals surface area (Å²) in [5.41, 5.74) is 0. The molecule has 1 aliphatic heterocycles. The van der Waals surface area contributed by atoms with Crippen LogP contribution in [0.1, 0.15) is 206 Å². The number of aliphatic hydroxyl groups excluding tert-OH is 5. The third kappa shape index (κ3) is 30.8. The van der Waals surface area contributed by atoms with Gasteiger partial charge in [0.2, 0.25) is 5.91 Å². The van der Waals surface area contributed by atoms with E-state index >= 15 is 0 Å². The molecule has 1 aliphatic rings. The molecule has 9 nitrogen and oxygen atoms in total. The van der Waals surface area contributed by atoms with Crippen LogP contribution in [0.3, 0.4) is 0 Å². The first-order chi connectivity index (χ1) is 28.8. The van der Waals surface area contributed by atoms with Crippen molar-refractivity contribution in [3.05, 3.63) is 48.6 Å². The second-order valence-electron chi connectivity index (χ2n) is 16.9. The number of aliphatic hydroxyl groups is 5. The molecule has 0 aliphatic carbocycles. The monoisotopic (exact) mass is 834 g/mol. The Morgan fingerprint density at radius 1 is 0.576 bits per heavy atom. The lowest BCUT2D eigenvalue weighted by Gasteiger charge is -2.40. The standard InChI is InChI=1S/C50H91NO8/c1-3-5-7-9-11-13-15-16-17-18-19-20-21-22-23-24-25-26-27-28-29-30-32-34-36-38-40-46(54)51-43(42-58-50-49(57)48(56)47(55)45(41-52)59-50)44(53)39-37-35-33-31-14-12-10-8-6-4-2/h6,8,14,22-23,31,37,39,43-45,47-50,52-53,55-57H,3-5,7,9-13,15-21,24-30,32-36,38,40-42H2,1-2H3,(H,51,54)/b8-6+,23-22-,31-14+,39-37+. The lowest BCUT2D eigenvalue weighted by atomic mass is 9.99. The van der Waals surface area contributed by atoms with E-state index in [0.717, 1.165) is 51.4 Å². The normalized spacial score (nSPS) is 21.1. The molecule has 0 aromatic rings. The van der Waals surface area contributed by atoms with Gasteiger partial charge in [-0.2, -0.15) is 0 Å². The van der Waals surface area contributed by atoms with E-state index in [4.69, 9.17) is 9.47 Å². The predicted octanol–water partition coefficient (Wildman–Crippen LogP) is 10.6. The van der Waals surface area contributed by atoms with Gasteiger partial charge in [0.05, 0.1) is 25.4 Å². The van der Waals surface area contributed by atoms with Gasteiger partial charge in [0.15, 0.2) is 6.29 Å². The number of hydrogen-bond donors (Lipinski definition) is 6. The van der Waals surface area contributed by atoms with E-state index in [1.54, 1.807) is 6.08 Å². The van der Waals surface area contributed by atoms with Crippen molar-refractivity contribution in [3.63, 3.8) is 0 Å². The number of carbonyl (C=O) groups excluding carboxylic acids is 1. The van der Waals surface area contributed by atoms with Gasteiger partial charge in [0, 0.05) is 6.42 Å². The van der Waals surface area contributed by atoms with Crippen molar-refractivity contribution < 1.29 is 39.8 Å². The van der Waals surface area contributed by atoms with Crippen LogP contribution in [0.15, 0.2) is 48.6 Å². The third-order valence-electron chi connectivity index (χ3n) is 11.4. The highest BCUT2D eigenvalue weighted by atomic mass is 16.7. The van der Waals surface area contributed by atoms with E-state index < -0.39 is 49.5 Å². The fourth-order valence-corrected chi connectivity index (χ4v) is 7.48. The van der Waals surface area contributed by atoms with Crippen molar-refractivity contribution in [1.82, 2.24) is 5.32 Å². The molecule has 0 saturated carbocycles. The maximum absolute atomic E-state index is 12.9.